The molecule has 0 aliphatic heterocycles. The van der Waals surface area contributed by atoms with Gasteiger partial charge in [-0.15, -0.1) is 0 Å². The van der Waals surface area contributed by atoms with E-state index >= 15 is 0 Å². The molecular formula is C10H24N2S. The maximum Gasteiger partial charge on any atom is -0.00369 e. The number of hydrogen-bond acceptors (Lipinski definition) is 3. The molecule has 0 aliphatic rings. The Balaban J connectivity index is 2.76. The van der Waals surface area contributed by atoms with E-state index in [0.717, 1.165) is 19.5 Å². The van der Waals surface area contributed by atoms with Crippen LogP contribution in [0.1, 0.15) is 32.1 Å². The second-order valence-corrected chi connectivity index (χ2v) is 4.28. The van der Waals surface area contributed by atoms with Gasteiger partial charge < -0.3 is 11.1 Å². The zero-order valence-corrected chi connectivity index (χ0v) is 9.67. The van der Waals surface area contributed by atoms with Crippen LogP contribution in [0.5, 0.6) is 0 Å². The number of thioether (sulfide) groups is 1. The molecule has 0 saturated heterocycles. The molecule has 0 amide bonds. The maximum absolute atomic E-state index is 5.38. The molecule has 3 N–H and O–H groups in total. The molecule has 0 aromatic carbocycles. The molecule has 0 heterocycles. The van der Waals surface area contributed by atoms with Crippen molar-refractivity contribution in [2.45, 2.75) is 32.1 Å². The van der Waals surface area contributed by atoms with Crippen molar-refractivity contribution in [3.63, 3.8) is 0 Å². The Hall–Kier alpha value is 0.270. The molecule has 0 atom stereocenters. The van der Waals surface area contributed by atoms with Gasteiger partial charge in [-0.2, -0.15) is 11.8 Å². The molecule has 0 radical (unpaired) electrons. The summed E-state index contributed by atoms with van der Waals surface area (Å²) in [5, 5.41) is 3.39. The van der Waals surface area contributed by atoms with Crippen molar-refractivity contribution in [1.29, 1.82) is 0 Å². The van der Waals surface area contributed by atoms with Gasteiger partial charge in [-0.1, -0.05) is 12.8 Å². The van der Waals surface area contributed by atoms with Gasteiger partial charge in [0.25, 0.3) is 0 Å². The molecule has 0 aliphatic carbocycles. The summed E-state index contributed by atoms with van der Waals surface area (Å²) < 4.78 is 0. The van der Waals surface area contributed by atoms with Gasteiger partial charge in [0.2, 0.25) is 0 Å². The molecule has 3 heteroatoms. The SMILES string of the molecule is CSCCCCCCNCCCN. The summed E-state index contributed by atoms with van der Waals surface area (Å²) in [6.07, 6.45) is 8.74. The summed E-state index contributed by atoms with van der Waals surface area (Å²) in [7, 11) is 0. The molecule has 0 fully saturated rings. The topological polar surface area (TPSA) is 38.0 Å². The summed E-state index contributed by atoms with van der Waals surface area (Å²) in [6.45, 7) is 3.06. The van der Waals surface area contributed by atoms with E-state index in [0.29, 0.717) is 0 Å². The predicted molar refractivity (Wildman–Crippen MR) is 63.4 cm³/mol. The van der Waals surface area contributed by atoms with Crippen LogP contribution in [0, 0.1) is 0 Å². The number of nitrogens with two attached hydrogens (primary N) is 1. The van der Waals surface area contributed by atoms with Crippen LogP contribution in [0.3, 0.4) is 0 Å². The van der Waals surface area contributed by atoms with Gasteiger partial charge in [0.15, 0.2) is 0 Å². The number of nitrogens with one attached hydrogen (secondary N) is 1. The Kier molecular flexibility index (Phi) is 12.5. The second-order valence-electron chi connectivity index (χ2n) is 3.30. The molecule has 13 heavy (non-hydrogen) atoms. The third-order valence-electron chi connectivity index (χ3n) is 2.01. The van der Waals surface area contributed by atoms with Gasteiger partial charge in [0.05, 0.1) is 0 Å². The van der Waals surface area contributed by atoms with E-state index in [1.54, 1.807) is 0 Å². The van der Waals surface area contributed by atoms with Gasteiger partial charge in [-0.3, -0.25) is 0 Å². The van der Waals surface area contributed by atoms with Crippen LogP contribution < -0.4 is 11.1 Å². The molecule has 0 aromatic rings. The fraction of sp³-hybridized carbons (Fsp3) is 1.00. The smallest absolute Gasteiger partial charge is 0.00369 e. The highest BCUT2D eigenvalue weighted by Crippen LogP contribution is 2.03. The van der Waals surface area contributed by atoms with Crippen LogP contribution in [0.25, 0.3) is 0 Å². The van der Waals surface area contributed by atoms with Crippen LogP contribution in [0.15, 0.2) is 0 Å². The quantitative estimate of drug-likeness (QED) is 0.533. The lowest BCUT2D eigenvalue weighted by Crippen LogP contribution is -2.19. The summed E-state index contributed by atoms with van der Waals surface area (Å²) in [4.78, 5) is 0. The average molecular weight is 204 g/mol. The van der Waals surface area contributed by atoms with Crippen LogP contribution in [0.4, 0.5) is 0 Å². The van der Waals surface area contributed by atoms with Crippen molar-refractivity contribution in [2.75, 3.05) is 31.6 Å². The zero-order valence-electron chi connectivity index (χ0n) is 8.85. The number of unbranched alkanes of at least 4 members (excludes halogenated alkanes) is 3. The maximum atomic E-state index is 5.38. The Labute approximate surface area is 87.0 Å². The standard InChI is InChI=1S/C10H24N2S/c1-13-10-5-3-2-4-8-12-9-6-7-11/h12H,2-11H2,1H3. The molecule has 0 rings (SSSR count). The first kappa shape index (κ1) is 13.3. The third kappa shape index (κ3) is 12.3. The van der Waals surface area contributed by atoms with E-state index in [4.69, 9.17) is 5.73 Å². The van der Waals surface area contributed by atoms with E-state index < -0.39 is 0 Å². The van der Waals surface area contributed by atoms with E-state index in [1.165, 1.54) is 38.0 Å². The molecular weight excluding hydrogens is 180 g/mol. The van der Waals surface area contributed by atoms with Gasteiger partial charge in [0, 0.05) is 0 Å². The highest BCUT2D eigenvalue weighted by atomic mass is 32.2. The Bertz CT molecular complexity index is 79.0. The van der Waals surface area contributed by atoms with Crippen molar-refractivity contribution >= 4 is 11.8 Å². The first-order valence-electron chi connectivity index (χ1n) is 5.31. The molecule has 0 saturated carbocycles. The lowest BCUT2D eigenvalue weighted by Gasteiger charge is -2.03. The Morgan fingerprint density at radius 1 is 1.00 bits per heavy atom. The lowest BCUT2D eigenvalue weighted by molar-refractivity contribution is 0.589. The molecule has 80 valence electrons. The second kappa shape index (κ2) is 12.3. The van der Waals surface area contributed by atoms with Crippen LogP contribution in [0.2, 0.25) is 0 Å². The number of hydrogen-bond donors (Lipinski definition) is 2. The minimum absolute atomic E-state index is 0.806. The normalized spacial score (nSPS) is 10.6. The summed E-state index contributed by atoms with van der Waals surface area (Å²) in [5.41, 5.74) is 5.38. The monoisotopic (exact) mass is 204 g/mol. The largest absolute Gasteiger partial charge is 0.330 e. The summed E-state index contributed by atoms with van der Waals surface area (Å²) in [5.74, 6) is 1.32. The van der Waals surface area contributed by atoms with Crippen LogP contribution >= 0.6 is 11.8 Å². The fourth-order valence-corrected chi connectivity index (χ4v) is 1.69. The summed E-state index contributed by atoms with van der Waals surface area (Å²) >= 11 is 1.95. The van der Waals surface area contributed by atoms with Crippen LogP contribution in [-0.2, 0) is 0 Å². The molecule has 2 nitrogen and oxygen atoms in total. The minimum atomic E-state index is 0.806. The minimum Gasteiger partial charge on any atom is -0.330 e. The van der Waals surface area contributed by atoms with E-state index in [-0.39, 0.29) is 0 Å². The molecule has 0 aromatic heterocycles. The van der Waals surface area contributed by atoms with Crippen LogP contribution in [-0.4, -0.2) is 31.6 Å². The van der Waals surface area contributed by atoms with Gasteiger partial charge in [-0.05, 0) is 50.9 Å². The third-order valence-corrected chi connectivity index (χ3v) is 2.71. The summed E-state index contributed by atoms with van der Waals surface area (Å²) in [6, 6.07) is 0. The predicted octanol–water partition coefficient (Wildman–Crippen LogP) is 1.85. The van der Waals surface area contributed by atoms with Crippen molar-refractivity contribution in [3.8, 4) is 0 Å². The van der Waals surface area contributed by atoms with Crippen molar-refractivity contribution < 1.29 is 0 Å². The molecule has 0 bridgehead atoms. The molecule has 0 spiro atoms. The van der Waals surface area contributed by atoms with Gasteiger partial charge >= 0.3 is 0 Å². The van der Waals surface area contributed by atoms with Gasteiger partial charge in [0.1, 0.15) is 0 Å². The van der Waals surface area contributed by atoms with Gasteiger partial charge in [-0.25, -0.2) is 0 Å². The Morgan fingerprint density at radius 3 is 2.38 bits per heavy atom. The highest BCUT2D eigenvalue weighted by Gasteiger charge is 1.89. The first-order chi connectivity index (χ1) is 6.41. The fourth-order valence-electron chi connectivity index (χ4n) is 1.20. The number of rotatable bonds is 10. The van der Waals surface area contributed by atoms with E-state index in [2.05, 4.69) is 11.6 Å². The highest BCUT2D eigenvalue weighted by molar-refractivity contribution is 7.98. The lowest BCUT2D eigenvalue weighted by atomic mass is 10.2. The Morgan fingerprint density at radius 2 is 1.69 bits per heavy atom. The van der Waals surface area contributed by atoms with E-state index in [9.17, 15) is 0 Å². The first-order valence-corrected chi connectivity index (χ1v) is 6.71. The van der Waals surface area contributed by atoms with E-state index in [1.807, 2.05) is 11.8 Å². The average Bonchev–Trinajstić information content (AvgIpc) is 2.16. The molecule has 0 unspecified atom stereocenters. The van der Waals surface area contributed by atoms with Crippen molar-refractivity contribution in [3.05, 3.63) is 0 Å². The van der Waals surface area contributed by atoms with Crippen molar-refractivity contribution in [1.82, 2.24) is 5.32 Å². The van der Waals surface area contributed by atoms with Crippen molar-refractivity contribution in [2.24, 2.45) is 5.73 Å². The zero-order chi connectivity index (χ0) is 9.78.